The smallest absolute Gasteiger partial charge is 0.228 e. The molecule has 1 aliphatic rings. The summed E-state index contributed by atoms with van der Waals surface area (Å²) in [4.78, 5) is 30.1. The summed E-state index contributed by atoms with van der Waals surface area (Å²) in [6.07, 6.45) is 3.83. The molecule has 1 aromatic carbocycles. The highest BCUT2D eigenvalue weighted by atomic mass is 32.2. The summed E-state index contributed by atoms with van der Waals surface area (Å²) in [6.45, 7) is 1.68. The molecule has 0 saturated carbocycles. The molecule has 3 rings (SSSR count). The van der Waals surface area contributed by atoms with Crippen molar-refractivity contribution in [3.05, 3.63) is 48.4 Å². The minimum absolute atomic E-state index is 0.0186. The number of methoxy groups -OCH3 is 1. The molecule has 144 valence electrons. The molecule has 27 heavy (non-hydrogen) atoms. The Morgan fingerprint density at radius 2 is 2.11 bits per heavy atom. The lowest BCUT2D eigenvalue weighted by molar-refractivity contribution is -0.137. The van der Waals surface area contributed by atoms with Gasteiger partial charge in [0.05, 0.1) is 25.3 Å². The Balaban J connectivity index is 1.69. The number of ether oxygens (including phenoxy) is 1. The molecule has 2 aromatic rings. The fourth-order valence-corrected chi connectivity index (χ4v) is 3.61. The topological polar surface area (TPSA) is 63.0 Å². The summed E-state index contributed by atoms with van der Waals surface area (Å²) in [5, 5.41) is 0. The molecule has 0 radical (unpaired) electrons. The molecule has 1 fully saturated rings. The lowest BCUT2D eigenvalue weighted by Gasteiger charge is -2.24. The van der Waals surface area contributed by atoms with Crippen molar-refractivity contribution in [2.24, 2.45) is 5.92 Å². The van der Waals surface area contributed by atoms with Gasteiger partial charge in [-0.1, -0.05) is 0 Å². The molecule has 6 nitrogen and oxygen atoms in total. The molecule has 2 amide bonds. The molecule has 1 unspecified atom stereocenters. The highest BCUT2D eigenvalue weighted by molar-refractivity contribution is 7.98. The molecule has 1 saturated heterocycles. The third-order valence-electron chi connectivity index (χ3n) is 4.66. The second-order valence-corrected chi connectivity index (χ2v) is 7.32. The van der Waals surface area contributed by atoms with Crippen LogP contribution in [-0.2, 0) is 20.9 Å². The van der Waals surface area contributed by atoms with E-state index in [0.717, 1.165) is 10.6 Å². The Morgan fingerprint density at radius 3 is 2.74 bits per heavy atom. The maximum absolute atomic E-state index is 13.0. The van der Waals surface area contributed by atoms with Crippen molar-refractivity contribution in [1.29, 1.82) is 0 Å². The number of rotatable bonds is 8. The lowest BCUT2D eigenvalue weighted by atomic mass is 10.1. The number of amides is 2. The quantitative estimate of drug-likeness (QED) is 0.651. The fourth-order valence-electron chi connectivity index (χ4n) is 3.20. The summed E-state index contributed by atoms with van der Waals surface area (Å²) in [5.74, 6) is 0.299. The van der Waals surface area contributed by atoms with E-state index in [2.05, 4.69) is 0 Å². The van der Waals surface area contributed by atoms with Crippen LogP contribution in [0.3, 0.4) is 0 Å². The van der Waals surface area contributed by atoms with Gasteiger partial charge in [-0.2, -0.15) is 0 Å². The lowest BCUT2D eigenvalue weighted by Crippen LogP contribution is -2.39. The molecular formula is C20H24N2O4S. The molecule has 7 heteroatoms. The average molecular weight is 388 g/mol. The van der Waals surface area contributed by atoms with Crippen LogP contribution in [0, 0.1) is 5.92 Å². The molecule has 0 spiro atoms. The maximum atomic E-state index is 13.0. The number of anilines is 1. The summed E-state index contributed by atoms with van der Waals surface area (Å²) >= 11 is 1.65. The largest absolute Gasteiger partial charge is 0.467 e. The van der Waals surface area contributed by atoms with E-state index in [1.807, 2.05) is 36.6 Å². The van der Waals surface area contributed by atoms with Crippen LogP contribution in [0.4, 0.5) is 5.69 Å². The average Bonchev–Trinajstić information content (AvgIpc) is 3.34. The van der Waals surface area contributed by atoms with Gasteiger partial charge < -0.3 is 19.0 Å². The van der Waals surface area contributed by atoms with Gasteiger partial charge in [-0.05, 0) is 42.7 Å². The fraction of sp³-hybridized carbons (Fsp3) is 0.400. The van der Waals surface area contributed by atoms with Crippen molar-refractivity contribution < 1.29 is 18.7 Å². The van der Waals surface area contributed by atoms with Crippen LogP contribution in [-0.4, -0.2) is 49.8 Å². The van der Waals surface area contributed by atoms with Gasteiger partial charge in [0.25, 0.3) is 0 Å². The summed E-state index contributed by atoms with van der Waals surface area (Å²) in [7, 11) is 1.61. The molecule has 2 heterocycles. The third-order valence-corrected chi connectivity index (χ3v) is 5.41. The van der Waals surface area contributed by atoms with Crippen molar-refractivity contribution >= 4 is 29.3 Å². The van der Waals surface area contributed by atoms with Gasteiger partial charge in [-0.15, -0.1) is 11.8 Å². The number of nitrogens with zero attached hydrogens (tertiary/aromatic N) is 2. The van der Waals surface area contributed by atoms with Crippen molar-refractivity contribution in [3.63, 3.8) is 0 Å². The van der Waals surface area contributed by atoms with Gasteiger partial charge in [0.2, 0.25) is 11.8 Å². The first-order valence-electron chi connectivity index (χ1n) is 8.87. The highest BCUT2D eigenvalue weighted by Gasteiger charge is 2.37. The van der Waals surface area contributed by atoms with Gasteiger partial charge in [0.15, 0.2) is 0 Å². The van der Waals surface area contributed by atoms with Crippen LogP contribution in [0.1, 0.15) is 12.2 Å². The van der Waals surface area contributed by atoms with E-state index >= 15 is 0 Å². The number of carbonyl (C=O) groups excluding carboxylic acids is 2. The summed E-state index contributed by atoms with van der Waals surface area (Å²) < 4.78 is 10.5. The Labute approximate surface area is 163 Å². The first-order chi connectivity index (χ1) is 13.1. The van der Waals surface area contributed by atoms with Crippen molar-refractivity contribution in [1.82, 2.24) is 4.90 Å². The SMILES string of the molecule is COCCN(Cc1ccco1)C(=O)C1CC(=O)N(c2ccc(SC)cc2)C1. The standard InChI is InChI=1S/C20H24N2O4S/c1-25-11-9-21(14-17-4-3-10-26-17)20(24)15-12-19(23)22(13-15)16-5-7-18(27-2)8-6-16/h3-8,10,15H,9,11-14H2,1-2H3. The molecular weight excluding hydrogens is 364 g/mol. The number of carbonyl (C=O) groups is 2. The Morgan fingerprint density at radius 1 is 1.33 bits per heavy atom. The van der Waals surface area contributed by atoms with E-state index in [1.165, 1.54) is 0 Å². The Kier molecular flexibility index (Phi) is 6.58. The number of thioether (sulfide) groups is 1. The van der Waals surface area contributed by atoms with E-state index in [9.17, 15) is 9.59 Å². The maximum Gasteiger partial charge on any atom is 0.228 e. The van der Waals surface area contributed by atoms with Gasteiger partial charge in [-0.3, -0.25) is 9.59 Å². The molecule has 0 aliphatic carbocycles. The van der Waals surface area contributed by atoms with Crippen LogP contribution in [0.2, 0.25) is 0 Å². The van der Waals surface area contributed by atoms with Gasteiger partial charge in [0, 0.05) is 37.2 Å². The zero-order valence-corrected chi connectivity index (χ0v) is 16.4. The summed E-state index contributed by atoms with van der Waals surface area (Å²) in [5.41, 5.74) is 0.836. The van der Waals surface area contributed by atoms with Gasteiger partial charge >= 0.3 is 0 Å². The number of benzene rings is 1. The predicted molar refractivity (Wildman–Crippen MR) is 105 cm³/mol. The molecule has 1 aliphatic heterocycles. The number of furan rings is 1. The second kappa shape index (κ2) is 9.10. The first kappa shape index (κ1) is 19.5. The van der Waals surface area contributed by atoms with E-state index in [-0.39, 0.29) is 24.2 Å². The molecule has 1 atom stereocenters. The zero-order chi connectivity index (χ0) is 19.2. The van der Waals surface area contributed by atoms with E-state index < -0.39 is 0 Å². The van der Waals surface area contributed by atoms with Crippen molar-refractivity contribution in [3.8, 4) is 0 Å². The van der Waals surface area contributed by atoms with Crippen LogP contribution in [0.15, 0.2) is 52.0 Å². The van der Waals surface area contributed by atoms with Gasteiger partial charge in [0.1, 0.15) is 5.76 Å². The van der Waals surface area contributed by atoms with E-state index in [0.29, 0.717) is 32.0 Å². The second-order valence-electron chi connectivity index (χ2n) is 6.44. The van der Waals surface area contributed by atoms with Crippen LogP contribution >= 0.6 is 11.8 Å². The van der Waals surface area contributed by atoms with Crippen molar-refractivity contribution in [2.45, 2.75) is 17.9 Å². The van der Waals surface area contributed by atoms with E-state index in [4.69, 9.17) is 9.15 Å². The minimum atomic E-state index is -0.357. The van der Waals surface area contributed by atoms with Crippen LogP contribution < -0.4 is 4.90 Å². The van der Waals surface area contributed by atoms with Gasteiger partial charge in [-0.25, -0.2) is 0 Å². The minimum Gasteiger partial charge on any atom is -0.467 e. The zero-order valence-electron chi connectivity index (χ0n) is 15.6. The third kappa shape index (κ3) is 4.73. The highest BCUT2D eigenvalue weighted by Crippen LogP contribution is 2.28. The normalized spacial score (nSPS) is 16.7. The van der Waals surface area contributed by atoms with Crippen LogP contribution in [0.25, 0.3) is 0 Å². The first-order valence-corrected chi connectivity index (χ1v) is 10.1. The molecule has 0 bridgehead atoms. The Hall–Kier alpha value is -2.25. The predicted octanol–water partition coefficient (Wildman–Crippen LogP) is 3.03. The molecule has 0 N–H and O–H groups in total. The Bertz CT molecular complexity index is 761. The van der Waals surface area contributed by atoms with Crippen LogP contribution in [0.5, 0.6) is 0 Å². The van der Waals surface area contributed by atoms with Crippen molar-refractivity contribution in [2.75, 3.05) is 38.0 Å². The van der Waals surface area contributed by atoms with E-state index in [1.54, 1.807) is 41.0 Å². The summed E-state index contributed by atoms with van der Waals surface area (Å²) in [6, 6.07) is 11.5. The number of hydrogen-bond acceptors (Lipinski definition) is 5. The molecule has 1 aromatic heterocycles. The monoisotopic (exact) mass is 388 g/mol. The number of hydrogen-bond donors (Lipinski definition) is 0.